The number of carbonyl (C=O) groups excluding carboxylic acids is 1. The number of nitrogens with zero attached hydrogens (tertiary/aromatic N) is 1. The lowest BCUT2D eigenvalue weighted by atomic mass is 10.1. The van der Waals surface area contributed by atoms with Crippen molar-refractivity contribution in [3.8, 4) is 11.8 Å². The molecule has 32 heavy (non-hydrogen) atoms. The van der Waals surface area contributed by atoms with E-state index < -0.39 is 46.7 Å². The number of carbonyl (C=O) groups is 1. The largest absolute Gasteiger partial charge is 0.497 e. The number of hydrogen-bond acceptors (Lipinski definition) is 4. The Labute approximate surface area is 179 Å². The standard InChI is InChI=1S/C21H17F6N3O2/c1-12(13-3-5-18(32-2)6-4-13)30-19(31)14(10-28)11-29-17-8-15(20(22,23)24)7-16(9-17)21(25,26)27/h3-9,11-12,29H,1-2H3,(H,30,31)/b14-11-. The summed E-state index contributed by atoms with van der Waals surface area (Å²) in [4.78, 5) is 12.3. The molecule has 2 N–H and O–H groups in total. The van der Waals surface area contributed by atoms with E-state index in [9.17, 15) is 36.4 Å². The maximum absolute atomic E-state index is 12.9. The molecule has 0 aliphatic heterocycles. The third kappa shape index (κ3) is 6.41. The summed E-state index contributed by atoms with van der Waals surface area (Å²) in [5.74, 6) is -0.278. The first-order valence-corrected chi connectivity index (χ1v) is 8.96. The summed E-state index contributed by atoms with van der Waals surface area (Å²) < 4.78 is 82.7. The number of amides is 1. The van der Waals surface area contributed by atoms with Gasteiger partial charge in [0.15, 0.2) is 0 Å². The van der Waals surface area contributed by atoms with Gasteiger partial charge in [-0.2, -0.15) is 31.6 Å². The molecule has 5 nitrogen and oxygen atoms in total. The lowest BCUT2D eigenvalue weighted by Crippen LogP contribution is -2.28. The Balaban J connectivity index is 2.22. The molecule has 11 heteroatoms. The van der Waals surface area contributed by atoms with Crippen LogP contribution in [0.15, 0.2) is 54.2 Å². The smallest absolute Gasteiger partial charge is 0.416 e. The molecule has 1 amide bonds. The number of rotatable bonds is 6. The molecule has 0 heterocycles. The predicted octanol–water partition coefficient (Wildman–Crippen LogP) is 5.43. The van der Waals surface area contributed by atoms with Gasteiger partial charge in [-0.05, 0) is 42.8 Å². The van der Waals surface area contributed by atoms with E-state index in [1.807, 2.05) is 0 Å². The highest BCUT2D eigenvalue weighted by Gasteiger charge is 2.36. The fraction of sp³-hybridized carbons (Fsp3) is 0.238. The Bertz CT molecular complexity index is 1010. The van der Waals surface area contributed by atoms with Crippen molar-refractivity contribution in [2.45, 2.75) is 25.3 Å². The summed E-state index contributed by atoms with van der Waals surface area (Å²) in [6.07, 6.45) is -9.30. The van der Waals surface area contributed by atoms with Gasteiger partial charge in [0.1, 0.15) is 17.4 Å². The quantitative estimate of drug-likeness (QED) is 0.345. The molecule has 1 atom stereocenters. The van der Waals surface area contributed by atoms with Crippen LogP contribution < -0.4 is 15.4 Å². The Morgan fingerprint density at radius 3 is 2.00 bits per heavy atom. The normalized spacial score (nSPS) is 13.2. The second kappa shape index (κ2) is 9.64. The summed E-state index contributed by atoms with van der Waals surface area (Å²) in [5.41, 5.74) is -3.51. The zero-order chi connectivity index (χ0) is 24.1. The number of methoxy groups -OCH3 is 1. The minimum Gasteiger partial charge on any atom is -0.497 e. The van der Waals surface area contributed by atoms with Crippen molar-refractivity contribution in [2.24, 2.45) is 0 Å². The van der Waals surface area contributed by atoms with Crippen LogP contribution in [0, 0.1) is 11.3 Å². The summed E-state index contributed by atoms with van der Waals surface area (Å²) >= 11 is 0. The van der Waals surface area contributed by atoms with Crippen LogP contribution in [0.4, 0.5) is 32.0 Å². The van der Waals surface area contributed by atoms with Gasteiger partial charge in [0.05, 0.1) is 24.3 Å². The van der Waals surface area contributed by atoms with Crippen LogP contribution in [0.1, 0.15) is 29.7 Å². The van der Waals surface area contributed by atoms with Gasteiger partial charge >= 0.3 is 12.4 Å². The number of nitrogens with one attached hydrogen (secondary N) is 2. The molecule has 0 saturated carbocycles. The fourth-order valence-corrected chi connectivity index (χ4v) is 2.59. The van der Waals surface area contributed by atoms with Crippen molar-refractivity contribution in [3.63, 3.8) is 0 Å². The highest BCUT2D eigenvalue weighted by Crippen LogP contribution is 2.37. The van der Waals surface area contributed by atoms with Crippen molar-refractivity contribution in [1.29, 1.82) is 5.26 Å². The van der Waals surface area contributed by atoms with E-state index in [1.165, 1.54) is 7.11 Å². The van der Waals surface area contributed by atoms with Gasteiger partial charge in [-0.3, -0.25) is 4.79 Å². The molecule has 0 bridgehead atoms. The van der Waals surface area contributed by atoms with Crippen LogP contribution in [-0.4, -0.2) is 13.0 Å². The molecule has 2 aromatic rings. The van der Waals surface area contributed by atoms with Crippen LogP contribution in [-0.2, 0) is 17.1 Å². The van der Waals surface area contributed by atoms with Crippen LogP contribution >= 0.6 is 0 Å². The van der Waals surface area contributed by atoms with E-state index in [2.05, 4.69) is 10.6 Å². The van der Waals surface area contributed by atoms with Gasteiger partial charge in [0.2, 0.25) is 0 Å². The highest BCUT2D eigenvalue weighted by atomic mass is 19.4. The zero-order valence-electron chi connectivity index (χ0n) is 16.7. The number of hydrogen-bond donors (Lipinski definition) is 2. The minimum atomic E-state index is -5.02. The minimum absolute atomic E-state index is 0.0245. The SMILES string of the molecule is COc1ccc(C(C)NC(=O)/C(C#N)=C\Nc2cc(C(F)(F)F)cc(C(F)(F)F)c2)cc1. The Hall–Kier alpha value is -3.68. The van der Waals surface area contributed by atoms with Gasteiger partial charge in [-0.15, -0.1) is 0 Å². The van der Waals surface area contributed by atoms with Gasteiger partial charge in [-0.25, -0.2) is 0 Å². The molecule has 0 aromatic heterocycles. The predicted molar refractivity (Wildman–Crippen MR) is 103 cm³/mol. The van der Waals surface area contributed by atoms with E-state index in [-0.39, 0.29) is 6.07 Å². The molecule has 170 valence electrons. The number of halogens is 6. The van der Waals surface area contributed by atoms with Crippen molar-refractivity contribution >= 4 is 11.6 Å². The summed E-state index contributed by atoms with van der Waals surface area (Å²) in [6, 6.07) is 8.55. The molecule has 0 aliphatic carbocycles. The van der Waals surface area contributed by atoms with E-state index in [4.69, 9.17) is 4.74 Å². The maximum atomic E-state index is 12.9. The number of nitriles is 1. The van der Waals surface area contributed by atoms with Crippen molar-refractivity contribution in [1.82, 2.24) is 5.32 Å². The third-order valence-corrected chi connectivity index (χ3v) is 4.30. The fourth-order valence-electron chi connectivity index (χ4n) is 2.59. The average Bonchev–Trinajstić information content (AvgIpc) is 2.72. The second-order valence-electron chi connectivity index (χ2n) is 6.58. The van der Waals surface area contributed by atoms with E-state index in [0.717, 1.165) is 6.20 Å². The molecule has 0 spiro atoms. The lowest BCUT2D eigenvalue weighted by Gasteiger charge is -2.15. The molecular weight excluding hydrogens is 440 g/mol. The Kier molecular flexibility index (Phi) is 7.40. The van der Waals surface area contributed by atoms with Crippen LogP contribution in [0.5, 0.6) is 5.75 Å². The molecule has 1 unspecified atom stereocenters. The van der Waals surface area contributed by atoms with Gasteiger partial charge < -0.3 is 15.4 Å². The maximum Gasteiger partial charge on any atom is 0.416 e. The van der Waals surface area contributed by atoms with Crippen LogP contribution in [0.2, 0.25) is 0 Å². The average molecular weight is 457 g/mol. The molecule has 2 rings (SSSR count). The summed E-state index contributed by atoms with van der Waals surface area (Å²) in [7, 11) is 1.49. The number of anilines is 1. The van der Waals surface area contributed by atoms with Crippen molar-refractivity contribution in [2.75, 3.05) is 12.4 Å². The van der Waals surface area contributed by atoms with Gasteiger partial charge in [-0.1, -0.05) is 12.1 Å². The number of ether oxygens (including phenoxy) is 1. The Morgan fingerprint density at radius 2 is 1.56 bits per heavy atom. The topological polar surface area (TPSA) is 74.1 Å². The van der Waals surface area contributed by atoms with E-state index in [1.54, 1.807) is 37.3 Å². The summed E-state index contributed by atoms with van der Waals surface area (Å²) in [6.45, 7) is 1.63. The van der Waals surface area contributed by atoms with E-state index in [0.29, 0.717) is 23.4 Å². The number of alkyl halides is 6. The lowest BCUT2D eigenvalue weighted by molar-refractivity contribution is -0.143. The van der Waals surface area contributed by atoms with E-state index >= 15 is 0 Å². The van der Waals surface area contributed by atoms with Crippen LogP contribution in [0.25, 0.3) is 0 Å². The molecule has 0 radical (unpaired) electrons. The monoisotopic (exact) mass is 457 g/mol. The molecule has 2 aromatic carbocycles. The highest BCUT2D eigenvalue weighted by molar-refractivity contribution is 5.97. The van der Waals surface area contributed by atoms with Crippen molar-refractivity contribution in [3.05, 3.63) is 70.9 Å². The second-order valence-corrected chi connectivity index (χ2v) is 6.58. The first-order valence-electron chi connectivity index (χ1n) is 8.96. The van der Waals surface area contributed by atoms with Crippen LogP contribution in [0.3, 0.4) is 0 Å². The first-order chi connectivity index (χ1) is 14.8. The van der Waals surface area contributed by atoms with Gasteiger partial charge in [0, 0.05) is 11.9 Å². The number of benzene rings is 2. The molecular formula is C21H17F6N3O2. The first kappa shape index (κ1) is 24.6. The Morgan fingerprint density at radius 1 is 1.03 bits per heavy atom. The summed E-state index contributed by atoms with van der Waals surface area (Å²) in [5, 5.41) is 13.9. The molecule has 0 fully saturated rings. The van der Waals surface area contributed by atoms with Crippen molar-refractivity contribution < 1.29 is 35.9 Å². The molecule has 0 aliphatic rings. The third-order valence-electron chi connectivity index (χ3n) is 4.30. The van der Waals surface area contributed by atoms with Gasteiger partial charge in [0.25, 0.3) is 5.91 Å². The molecule has 0 saturated heterocycles. The zero-order valence-corrected chi connectivity index (χ0v) is 16.7.